The summed E-state index contributed by atoms with van der Waals surface area (Å²) in [6.07, 6.45) is 3.89. The second-order valence-corrected chi connectivity index (χ2v) is 4.97. The van der Waals surface area contributed by atoms with E-state index in [1.54, 1.807) is 7.11 Å². The van der Waals surface area contributed by atoms with E-state index < -0.39 is 0 Å². The summed E-state index contributed by atoms with van der Waals surface area (Å²) >= 11 is 0. The van der Waals surface area contributed by atoms with Crippen LogP contribution in [0.2, 0.25) is 0 Å². The van der Waals surface area contributed by atoms with Crippen molar-refractivity contribution in [1.29, 1.82) is 0 Å². The van der Waals surface area contributed by atoms with Crippen molar-refractivity contribution in [2.24, 2.45) is 16.8 Å². The summed E-state index contributed by atoms with van der Waals surface area (Å²) in [6.45, 7) is 4.58. The number of methoxy groups -OCH3 is 1. The topological polar surface area (TPSA) is 21.6 Å². The Morgan fingerprint density at radius 2 is 1.65 bits per heavy atom. The van der Waals surface area contributed by atoms with E-state index in [1.165, 1.54) is 25.0 Å². The van der Waals surface area contributed by atoms with Crippen LogP contribution in [0.25, 0.3) is 0 Å². The van der Waals surface area contributed by atoms with Crippen molar-refractivity contribution < 1.29 is 4.74 Å². The van der Waals surface area contributed by atoms with Gasteiger partial charge in [0, 0.05) is 5.71 Å². The largest absolute Gasteiger partial charge is 0.497 e. The molecule has 0 saturated heterocycles. The molecule has 1 saturated carbocycles. The van der Waals surface area contributed by atoms with Crippen LogP contribution in [0.1, 0.15) is 33.1 Å². The second kappa shape index (κ2) is 5.35. The third kappa shape index (κ3) is 2.87. The molecule has 0 bridgehead atoms. The van der Waals surface area contributed by atoms with Gasteiger partial charge in [-0.3, -0.25) is 4.99 Å². The van der Waals surface area contributed by atoms with Crippen molar-refractivity contribution in [2.75, 3.05) is 7.11 Å². The Hall–Kier alpha value is -1.31. The fourth-order valence-electron chi connectivity index (χ4n) is 2.54. The SMILES string of the molecule is COc1ccc(N=C2C(C)CCCC2C)cc1. The molecule has 2 rings (SSSR count). The standard InChI is InChI=1S/C15H21NO/c1-11-5-4-6-12(2)15(11)16-13-7-9-14(17-3)10-8-13/h7-12H,4-6H2,1-3H3. The van der Waals surface area contributed by atoms with E-state index >= 15 is 0 Å². The molecule has 2 unspecified atom stereocenters. The van der Waals surface area contributed by atoms with Crippen LogP contribution in [0.4, 0.5) is 5.69 Å². The minimum atomic E-state index is 0.626. The van der Waals surface area contributed by atoms with Gasteiger partial charge in [-0.05, 0) is 48.9 Å². The lowest BCUT2D eigenvalue weighted by molar-refractivity contribution is 0.415. The van der Waals surface area contributed by atoms with Gasteiger partial charge in [-0.1, -0.05) is 20.3 Å². The van der Waals surface area contributed by atoms with Gasteiger partial charge in [0.15, 0.2) is 0 Å². The molecule has 2 heteroatoms. The number of rotatable bonds is 2. The van der Waals surface area contributed by atoms with Gasteiger partial charge in [-0.15, -0.1) is 0 Å². The van der Waals surface area contributed by atoms with E-state index in [1.807, 2.05) is 24.3 Å². The Morgan fingerprint density at radius 1 is 1.06 bits per heavy atom. The predicted molar refractivity (Wildman–Crippen MR) is 72.3 cm³/mol. The highest BCUT2D eigenvalue weighted by molar-refractivity contribution is 5.91. The molecule has 1 fully saturated rings. The number of nitrogens with zero attached hydrogens (tertiary/aromatic N) is 1. The van der Waals surface area contributed by atoms with E-state index in [-0.39, 0.29) is 0 Å². The highest BCUT2D eigenvalue weighted by Gasteiger charge is 2.22. The van der Waals surface area contributed by atoms with E-state index in [0.29, 0.717) is 11.8 Å². The van der Waals surface area contributed by atoms with Crippen molar-refractivity contribution in [3.8, 4) is 5.75 Å². The average Bonchev–Trinajstić information content (AvgIpc) is 2.35. The first-order valence-electron chi connectivity index (χ1n) is 6.43. The second-order valence-electron chi connectivity index (χ2n) is 4.97. The Balaban J connectivity index is 2.20. The molecule has 1 aromatic rings. The van der Waals surface area contributed by atoms with Crippen molar-refractivity contribution in [3.63, 3.8) is 0 Å². The lowest BCUT2D eigenvalue weighted by Gasteiger charge is -2.26. The maximum atomic E-state index is 5.15. The first-order chi connectivity index (χ1) is 8.20. The van der Waals surface area contributed by atoms with Gasteiger partial charge in [-0.25, -0.2) is 0 Å². The Labute approximate surface area is 104 Å². The van der Waals surface area contributed by atoms with Crippen LogP contribution in [0.3, 0.4) is 0 Å². The number of ether oxygens (including phenoxy) is 1. The normalized spacial score (nSPS) is 24.5. The predicted octanol–water partition coefficient (Wildman–Crippen LogP) is 4.22. The molecule has 0 amide bonds. The highest BCUT2D eigenvalue weighted by atomic mass is 16.5. The van der Waals surface area contributed by atoms with Gasteiger partial charge in [0.25, 0.3) is 0 Å². The molecule has 2 nitrogen and oxygen atoms in total. The molecule has 0 heterocycles. The van der Waals surface area contributed by atoms with Crippen molar-refractivity contribution >= 4 is 11.4 Å². The first kappa shape index (κ1) is 12.2. The summed E-state index contributed by atoms with van der Waals surface area (Å²) < 4.78 is 5.15. The monoisotopic (exact) mass is 231 g/mol. The van der Waals surface area contributed by atoms with Crippen LogP contribution in [-0.4, -0.2) is 12.8 Å². The molecule has 1 aromatic carbocycles. The number of aliphatic imine (C=N–C) groups is 1. The Morgan fingerprint density at radius 3 is 2.18 bits per heavy atom. The summed E-state index contributed by atoms with van der Waals surface area (Å²) in [5.74, 6) is 2.14. The molecular formula is C15H21NO. The molecule has 17 heavy (non-hydrogen) atoms. The van der Waals surface area contributed by atoms with Gasteiger partial charge >= 0.3 is 0 Å². The average molecular weight is 231 g/mol. The van der Waals surface area contributed by atoms with E-state index in [0.717, 1.165) is 11.4 Å². The quantitative estimate of drug-likeness (QED) is 0.746. The van der Waals surface area contributed by atoms with Crippen LogP contribution in [0, 0.1) is 11.8 Å². The minimum Gasteiger partial charge on any atom is -0.497 e. The van der Waals surface area contributed by atoms with Crippen LogP contribution >= 0.6 is 0 Å². The van der Waals surface area contributed by atoms with Crippen LogP contribution < -0.4 is 4.74 Å². The molecule has 0 N–H and O–H groups in total. The Kier molecular flexibility index (Phi) is 3.82. The molecule has 0 aromatic heterocycles. The van der Waals surface area contributed by atoms with Crippen LogP contribution in [0.5, 0.6) is 5.75 Å². The Bertz CT molecular complexity index is 382. The van der Waals surface area contributed by atoms with Gasteiger partial charge in [0.1, 0.15) is 5.75 Å². The highest BCUT2D eigenvalue weighted by Crippen LogP contribution is 2.29. The van der Waals surface area contributed by atoms with E-state index in [9.17, 15) is 0 Å². The maximum absolute atomic E-state index is 5.15. The molecule has 0 radical (unpaired) electrons. The first-order valence-corrected chi connectivity index (χ1v) is 6.43. The minimum absolute atomic E-state index is 0.626. The van der Waals surface area contributed by atoms with E-state index in [4.69, 9.17) is 9.73 Å². The third-order valence-electron chi connectivity index (χ3n) is 3.61. The van der Waals surface area contributed by atoms with E-state index in [2.05, 4.69) is 13.8 Å². The summed E-state index contributed by atoms with van der Waals surface area (Å²) in [5.41, 5.74) is 2.41. The summed E-state index contributed by atoms with van der Waals surface area (Å²) in [6, 6.07) is 7.99. The smallest absolute Gasteiger partial charge is 0.119 e. The molecule has 1 aliphatic rings. The molecule has 0 spiro atoms. The van der Waals surface area contributed by atoms with Crippen molar-refractivity contribution in [2.45, 2.75) is 33.1 Å². The van der Waals surface area contributed by atoms with Gasteiger partial charge in [0.05, 0.1) is 12.8 Å². The summed E-state index contributed by atoms with van der Waals surface area (Å²) in [4.78, 5) is 4.82. The van der Waals surface area contributed by atoms with Crippen LogP contribution in [0.15, 0.2) is 29.3 Å². The number of hydrogen-bond acceptors (Lipinski definition) is 2. The van der Waals surface area contributed by atoms with Gasteiger partial charge in [-0.2, -0.15) is 0 Å². The zero-order valence-electron chi connectivity index (χ0n) is 10.9. The zero-order valence-corrected chi connectivity index (χ0v) is 10.9. The fraction of sp³-hybridized carbons (Fsp3) is 0.533. The number of benzene rings is 1. The summed E-state index contributed by atoms with van der Waals surface area (Å²) in [5, 5.41) is 0. The van der Waals surface area contributed by atoms with Crippen LogP contribution in [-0.2, 0) is 0 Å². The molecule has 1 aliphatic carbocycles. The van der Waals surface area contributed by atoms with Gasteiger partial charge in [0.2, 0.25) is 0 Å². The summed E-state index contributed by atoms with van der Waals surface area (Å²) in [7, 11) is 1.69. The maximum Gasteiger partial charge on any atom is 0.119 e. The third-order valence-corrected chi connectivity index (χ3v) is 3.61. The molecular weight excluding hydrogens is 210 g/mol. The zero-order chi connectivity index (χ0) is 12.3. The molecule has 92 valence electrons. The van der Waals surface area contributed by atoms with Crippen molar-refractivity contribution in [3.05, 3.63) is 24.3 Å². The lowest BCUT2D eigenvalue weighted by atomic mass is 9.81. The molecule has 0 aliphatic heterocycles. The molecule has 2 atom stereocenters. The number of hydrogen-bond donors (Lipinski definition) is 0. The van der Waals surface area contributed by atoms with Crippen molar-refractivity contribution in [1.82, 2.24) is 0 Å². The lowest BCUT2D eigenvalue weighted by Crippen LogP contribution is -2.24. The fourth-order valence-corrected chi connectivity index (χ4v) is 2.54. The van der Waals surface area contributed by atoms with Gasteiger partial charge < -0.3 is 4.74 Å².